The van der Waals surface area contributed by atoms with E-state index in [0.717, 1.165) is 13.2 Å². The first kappa shape index (κ1) is 10.3. The molecule has 2 heteroatoms. The van der Waals surface area contributed by atoms with Crippen molar-refractivity contribution in [2.75, 3.05) is 13.2 Å². The van der Waals surface area contributed by atoms with E-state index in [9.17, 15) is 0 Å². The molecule has 86 valence electrons. The van der Waals surface area contributed by atoms with Gasteiger partial charge in [0.1, 0.15) is 0 Å². The summed E-state index contributed by atoms with van der Waals surface area (Å²) in [5.41, 5.74) is 1.50. The first-order chi connectivity index (χ1) is 7.92. The molecule has 2 atom stereocenters. The molecule has 1 aromatic carbocycles. The molecule has 16 heavy (non-hydrogen) atoms. The van der Waals surface area contributed by atoms with Crippen LogP contribution >= 0.6 is 0 Å². The molecule has 0 bridgehead atoms. The van der Waals surface area contributed by atoms with Crippen molar-refractivity contribution in [2.24, 2.45) is 0 Å². The molecule has 1 aliphatic heterocycles. The van der Waals surface area contributed by atoms with Crippen LogP contribution < -0.4 is 5.32 Å². The minimum absolute atomic E-state index is 0.0950. The third-order valence-electron chi connectivity index (χ3n) is 3.99. The van der Waals surface area contributed by atoms with Gasteiger partial charge < -0.3 is 10.1 Å². The number of ether oxygens (including phenoxy) is 1. The second-order valence-electron chi connectivity index (χ2n) is 4.87. The lowest BCUT2D eigenvalue weighted by Crippen LogP contribution is -2.59. The number of fused-ring (bicyclic) bond motifs is 1. The van der Waals surface area contributed by atoms with Crippen molar-refractivity contribution in [3.8, 4) is 0 Å². The molecule has 2 unspecified atom stereocenters. The van der Waals surface area contributed by atoms with E-state index >= 15 is 0 Å². The van der Waals surface area contributed by atoms with E-state index in [2.05, 4.69) is 35.6 Å². The van der Waals surface area contributed by atoms with Crippen LogP contribution in [0.15, 0.2) is 30.3 Å². The molecular formula is C14H19NO. The number of hydrogen-bond acceptors (Lipinski definition) is 2. The van der Waals surface area contributed by atoms with Crippen LogP contribution in [0.1, 0.15) is 31.2 Å². The van der Waals surface area contributed by atoms with E-state index in [1.54, 1.807) is 0 Å². The van der Waals surface area contributed by atoms with Crippen LogP contribution in [0.5, 0.6) is 0 Å². The SMILES string of the molecule is c1ccc(C23CCCCC2OCCN3)cc1. The molecule has 2 nitrogen and oxygen atoms in total. The Morgan fingerprint density at radius 3 is 2.94 bits per heavy atom. The minimum atomic E-state index is 0.0950. The summed E-state index contributed by atoms with van der Waals surface area (Å²) in [4.78, 5) is 0. The molecule has 0 radical (unpaired) electrons. The van der Waals surface area contributed by atoms with E-state index in [-0.39, 0.29) is 5.54 Å². The second kappa shape index (κ2) is 4.19. The van der Waals surface area contributed by atoms with E-state index in [1.165, 1.54) is 31.2 Å². The maximum absolute atomic E-state index is 5.98. The van der Waals surface area contributed by atoms with Gasteiger partial charge >= 0.3 is 0 Å². The largest absolute Gasteiger partial charge is 0.375 e. The highest BCUT2D eigenvalue weighted by atomic mass is 16.5. The molecule has 1 aromatic rings. The van der Waals surface area contributed by atoms with Crippen molar-refractivity contribution >= 4 is 0 Å². The van der Waals surface area contributed by atoms with Crippen molar-refractivity contribution in [3.05, 3.63) is 35.9 Å². The highest BCUT2D eigenvalue weighted by Crippen LogP contribution is 2.40. The van der Waals surface area contributed by atoms with Crippen LogP contribution in [0.2, 0.25) is 0 Å². The third kappa shape index (κ3) is 1.57. The Morgan fingerprint density at radius 2 is 2.06 bits per heavy atom. The molecule has 0 aromatic heterocycles. The predicted molar refractivity (Wildman–Crippen MR) is 64.3 cm³/mol. The summed E-state index contributed by atoms with van der Waals surface area (Å²) in [7, 11) is 0. The van der Waals surface area contributed by atoms with Gasteiger partial charge in [0.2, 0.25) is 0 Å². The quantitative estimate of drug-likeness (QED) is 0.780. The van der Waals surface area contributed by atoms with Gasteiger partial charge in [-0.2, -0.15) is 0 Å². The summed E-state index contributed by atoms with van der Waals surface area (Å²) in [6.45, 7) is 1.84. The van der Waals surface area contributed by atoms with Crippen LogP contribution in [0.25, 0.3) is 0 Å². The van der Waals surface area contributed by atoms with Crippen molar-refractivity contribution < 1.29 is 4.74 Å². The monoisotopic (exact) mass is 217 g/mol. The molecule has 2 aliphatic rings. The normalized spacial score (nSPS) is 34.4. The average molecular weight is 217 g/mol. The molecular weight excluding hydrogens is 198 g/mol. The Bertz CT molecular complexity index is 337. The van der Waals surface area contributed by atoms with Gasteiger partial charge in [0, 0.05) is 6.54 Å². The zero-order chi connectivity index (χ0) is 10.8. The van der Waals surface area contributed by atoms with Crippen LogP contribution in [0, 0.1) is 0 Å². The zero-order valence-corrected chi connectivity index (χ0v) is 9.61. The lowest BCUT2D eigenvalue weighted by molar-refractivity contribution is -0.0756. The molecule has 1 N–H and O–H groups in total. The third-order valence-corrected chi connectivity index (χ3v) is 3.99. The smallest absolute Gasteiger partial charge is 0.0799 e. The lowest BCUT2D eigenvalue weighted by Gasteiger charge is -2.48. The summed E-state index contributed by atoms with van der Waals surface area (Å²) in [5.74, 6) is 0. The van der Waals surface area contributed by atoms with Gasteiger partial charge in [-0.15, -0.1) is 0 Å². The van der Waals surface area contributed by atoms with Gasteiger partial charge in [0.25, 0.3) is 0 Å². The Morgan fingerprint density at radius 1 is 1.19 bits per heavy atom. The Kier molecular flexibility index (Phi) is 2.70. The topological polar surface area (TPSA) is 21.3 Å². The molecule has 2 fully saturated rings. The average Bonchev–Trinajstić information content (AvgIpc) is 2.40. The molecule has 3 rings (SSSR count). The summed E-state index contributed by atoms with van der Waals surface area (Å²) in [6.07, 6.45) is 5.39. The second-order valence-corrected chi connectivity index (χ2v) is 4.87. The van der Waals surface area contributed by atoms with Gasteiger partial charge in [-0.05, 0) is 18.4 Å². The Hall–Kier alpha value is -0.860. The summed E-state index contributed by atoms with van der Waals surface area (Å²) in [5, 5.41) is 3.73. The summed E-state index contributed by atoms with van der Waals surface area (Å²) >= 11 is 0. The Balaban J connectivity index is 1.98. The van der Waals surface area contributed by atoms with E-state index < -0.39 is 0 Å². The molecule has 0 amide bonds. The van der Waals surface area contributed by atoms with Gasteiger partial charge in [-0.3, -0.25) is 0 Å². The number of benzene rings is 1. The maximum Gasteiger partial charge on any atom is 0.0799 e. The van der Waals surface area contributed by atoms with E-state index in [0.29, 0.717) is 6.10 Å². The molecule has 1 saturated heterocycles. The van der Waals surface area contributed by atoms with Crippen molar-refractivity contribution in [2.45, 2.75) is 37.3 Å². The predicted octanol–water partition coefficient (Wildman–Crippen LogP) is 2.44. The fraction of sp³-hybridized carbons (Fsp3) is 0.571. The van der Waals surface area contributed by atoms with E-state index in [4.69, 9.17) is 4.74 Å². The molecule has 1 heterocycles. The van der Waals surface area contributed by atoms with Crippen LogP contribution in [-0.4, -0.2) is 19.3 Å². The van der Waals surface area contributed by atoms with Crippen LogP contribution in [-0.2, 0) is 10.3 Å². The highest BCUT2D eigenvalue weighted by molar-refractivity contribution is 5.27. The maximum atomic E-state index is 5.98. The van der Waals surface area contributed by atoms with Crippen molar-refractivity contribution in [1.29, 1.82) is 0 Å². The van der Waals surface area contributed by atoms with Crippen LogP contribution in [0.4, 0.5) is 0 Å². The van der Waals surface area contributed by atoms with E-state index in [1.807, 2.05) is 0 Å². The molecule has 1 saturated carbocycles. The van der Waals surface area contributed by atoms with Crippen LogP contribution in [0.3, 0.4) is 0 Å². The van der Waals surface area contributed by atoms with Gasteiger partial charge in [-0.1, -0.05) is 43.2 Å². The molecule has 0 spiro atoms. The number of hydrogen-bond donors (Lipinski definition) is 1. The zero-order valence-electron chi connectivity index (χ0n) is 9.61. The van der Waals surface area contributed by atoms with Crippen molar-refractivity contribution in [1.82, 2.24) is 5.32 Å². The summed E-state index contributed by atoms with van der Waals surface area (Å²) in [6, 6.07) is 10.8. The standard InChI is InChI=1S/C14H19NO/c1-2-6-12(7-3-1)14-9-5-4-8-13(14)16-11-10-15-14/h1-3,6-7,13,15H,4-5,8-11H2. The fourth-order valence-electron chi connectivity index (χ4n) is 3.21. The van der Waals surface area contributed by atoms with Gasteiger partial charge in [0.15, 0.2) is 0 Å². The van der Waals surface area contributed by atoms with Crippen molar-refractivity contribution in [3.63, 3.8) is 0 Å². The number of rotatable bonds is 1. The number of morpholine rings is 1. The molecule has 1 aliphatic carbocycles. The first-order valence-electron chi connectivity index (χ1n) is 6.34. The summed E-state index contributed by atoms with van der Waals surface area (Å²) < 4.78 is 5.98. The first-order valence-corrected chi connectivity index (χ1v) is 6.34. The number of nitrogens with one attached hydrogen (secondary N) is 1. The lowest BCUT2D eigenvalue weighted by atomic mass is 9.73. The minimum Gasteiger partial charge on any atom is -0.375 e. The van der Waals surface area contributed by atoms with Gasteiger partial charge in [0.05, 0.1) is 18.2 Å². The van der Waals surface area contributed by atoms with Gasteiger partial charge in [-0.25, -0.2) is 0 Å². The fourth-order valence-corrected chi connectivity index (χ4v) is 3.21. The Labute approximate surface area is 97.0 Å². The highest BCUT2D eigenvalue weighted by Gasteiger charge is 2.44.